The number of pyridine rings is 1. The first-order valence-electron chi connectivity index (χ1n) is 5.80. The number of carbonyl (C=O) groups excluding carboxylic acids is 1. The molecule has 6 nitrogen and oxygen atoms in total. The molecular formula is C12H14N4O2. The van der Waals surface area contributed by atoms with Gasteiger partial charge in [-0.15, -0.1) is 10.2 Å². The van der Waals surface area contributed by atoms with Gasteiger partial charge in [-0.1, -0.05) is 13.0 Å². The van der Waals surface area contributed by atoms with Crippen LogP contribution in [0.15, 0.2) is 28.8 Å². The van der Waals surface area contributed by atoms with E-state index in [9.17, 15) is 4.79 Å². The number of carbonyl (C=O) groups is 1. The molecule has 2 heterocycles. The van der Waals surface area contributed by atoms with Crippen LogP contribution < -0.4 is 5.32 Å². The number of aromatic nitrogens is 3. The van der Waals surface area contributed by atoms with Gasteiger partial charge in [0.15, 0.2) is 0 Å². The molecule has 0 spiro atoms. The molecule has 0 bridgehead atoms. The van der Waals surface area contributed by atoms with E-state index in [1.165, 1.54) is 0 Å². The maximum atomic E-state index is 11.0. The summed E-state index contributed by atoms with van der Waals surface area (Å²) in [6.07, 6.45) is 2.66. The third kappa shape index (κ3) is 3.13. The van der Waals surface area contributed by atoms with E-state index < -0.39 is 0 Å². The second-order valence-electron chi connectivity index (χ2n) is 3.67. The highest BCUT2D eigenvalue weighted by atomic mass is 16.4. The van der Waals surface area contributed by atoms with Crippen molar-refractivity contribution in [1.29, 1.82) is 0 Å². The summed E-state index contributed by atoms with van der Waals surface area (Å²) in [6, 6.07) is 5.48. The molecule has 2 aromatic rings. The van der Waals surface area contributed by atoms with Gasteiger partial charge in [-0.05, 0) is 12.1 Å². The fraction of sp³-hybridized carbons (Fsp3) is 0.333. The molecule has 6 heteroatoms. The van der Waals surface area contributed by atoms with E-state index in [0.717, 1.165) is 0 Å². The van der Waals surface area contributed by atoms with Crippen molar-refractivity contribution in [2.24, 2.45) is 0 Å². The van der Waals surface area contributed by atoms with Gasteiger partial charge >= 0.3 is 0 Å². The van der Waals surface area contributed by atoms with E-state index in [1.807, 2.05) is 12.1 Å². The van der Waals surface area contributed by atoms with Gasteiger partial charge in [0.1, 0.15) is 5.69 Å². The van der Waals surface area contributed by atoms with Gasteiger partial charge in [-0.25, -0.2) is 0 Å². The minimum Gasteiger partial charge on any atom is -0.419 e. The second kappa shape index (κ2) is 5.90. The lowest BCUT2D eigenvalue weighted by Crippen LogP contribution is -2.24. The molecule has 0 aliphatic carbocycles. The highest BCUT2D eigenvalue weighted by Gasteiger charge is 2.09. The second-order valence-corrected chi connectivity index (χ2v) is 3.67. The number of hydrogen-bond acceptors (Lipinski definition) is 5. The molecule has 0 radical (unpaired) electrons. The Morgan fingerprint density at radius 1 is 1.39 bits per heavy atom. The van der Waals surface area contributed by atoms with E-state index in [2.05, 4.69) is 20.5 Å². The monoisotopic (exact) mass is 246 g/mol. The van der Waals surface area contributed by atoms with Crippen LogP contribution in [-0.2, 0) is 11.2 Å². The van der Waals surface area contributed by atoms with Crippen LogP contribution in [0.1, 0.15) is 19.2 Å². The standard InChI is InChI=1S/C12H14N4O2/c1-2-10(17)14-8-6-11-15-16-12(18-11)9-5-3-4-7-13-9/h3-5,7H,2,6,8H2,1H3,(H,14,17). The average molecular weight is 246 g/mol. The third-order valence-electron chi connectivity index (χ3n) is 2.33. The topological polar surface area (TPSA) is 80.9 Å². The maximum Gasteiger partial charge on any atom is 0.266 e. The zero-order chi connectivity index (χ0) is 12.8. The summed E-state index contributed by atoms with van der Waals surface area (Å²) in [6.45, 7) is 2.30. The zero-order valence-electron chi connectivity index (χ0n) is 10.1. The Balaban J connectivity index is 1.93. The van der Waals surface area contributed by atoms with Crippen LogP contribution in [0.25, 0.3) is 11.6 Å². The van der Waals surface area contributed by atoms with Crippen molar-refractivity contribution in [1.82, 2.24) is 20.5 Å². The first-order chi connectivity index (χ1) is 8.79. The summed E-state index contributed by atoms with van der Waals surface area (Å²) < 4.78 is 5.45. The lowest BCUT2D eigenvalue weighted by Gasteiger charge is -1.99. The summed E-state index contributed by atoms with van der Waals surface area (Å²) in [5.41, 5.74) is 0.647. The van der Waals surface area contributed by atoms with Crippen molar-refractivity contribution < 1.29 is 9.21 Å². The molecule has 0 aliphatic heterocycles. The van der Waals surface area contributed by atoms with Crippen LogP contribution in [0.3, 0.4) is 0 Å². The van der Waals surface area contributed by atoms with Crippen molar-refractivity contribution in [2.45, 2.75) is 19.8 Å². The van der Waals surface area contributed by atoms with Gasteiger partial charge in [0.2, 0.25) is 11.8 Å². The molecule has 0 saturated carbocycles. The summed E-state index contributed by atoms with van der Waals surface area (Å²) in [5.74, 6) is 0.902. The van der Waals surface area contributed by atoms with Crippen molar-refractivity contribution in [2.75, 3.05) is 6.54 Å². The molecule has 0 aromatic carbocycles. The van der Waals surface area contributed by atoms with E-state index in [1.54, 1.807) is 19.2 Å². The van der Waals surface area contributed by atoms with Crippen molar-refractivity contribution in [3.63, 3.8) is 0 Å². The summed E-state index contributed by atoms with van der Waals surface area (Å²) in [7, 11) is 0. The largest absolute Gasteiger partial charge is 0.419 e. The Hall–Kier alpha value is -2.24. The maximum absolute atomic E-state index is 11.0. The SMILES string of the molecule is CCC(=O)NCCc1nnc(-c2ccccn2)o1. The first kappa shape index (κ1) is 12.2. The number of nitrogens with zero attached hydrogens (tertiary/aromatic N) is 3. The predicted molar refractivity (Wildman–Crippen MR) is 64.5 cm³/mol. The molecule has 94 valence electrons. The lowest BCUT2D eigenvalue weighted by atomic mass is 10.3. The van der Waals surface area contributed by atoms with Crippen LogP contribution in [-0.4, -0.2) is 27.6 Å². The van der Waals surface area contributed by atoms with Gasteiger partial charge < -0.3 is 9.73 Å². The Bertz CT molecular complexity index is 510. The number of rotatable bonds is 5. The minimum atomic E-state index is 0.0134. The molecule has 2 rings (SSSR count). The summed E-state index contributed by atoms with van der Waals surface area (Å²) in [5, 5.41) is 10.6. The third-order valence-corrected chi connectivity index (χ3v) is 2.33. The van der Waals surface area contributed by atoms with Crippen molar-refractivity contribution in [3.8, 4) is 11.6 Å². The van der Waals surface area contributed by atoms with E-state index in [-0.39, 0.29) is 5.91 Å². The molecule has 2 aromatic heterocycles. The fourth-order valence-electron chi connectivity index (χ4n) is 1.38. The summed E-state index contributed by atoms with van der Waals surface area (Å²) >= 11 is 0. The Morgan fingerprint density at radius 3 is 3.00 bits per heavy atom. The predicted octanol–water partition coefficient (Wildman–Crippen LogP) is 1.20. The van der Waals surface area contributed by atoms with Gasteiger partial charge in [0, 0.05) is 25.6 Å². The quantitative estimate of drug-likeness (QED) is 0.857. The van der Waals surface area contributed by atoms with Crippen LogP contribution >= 0.6 is 0 Å². The summed E-state index contributed by atoms with van der Waals surface area (Å²) in [4.78, 5) is 15.2. The van der Waals surface area contributed by atoms with Gasteiger partial charge in [-0.3, -0.25) is 9.78 Å². The van der Waals surface area contributed by atoms with Gasteiger partial charge in [0.25, 0.3) is 5.89 Å². The minimum absolute atomic E-state index is 0.0134. The zero-order valence-corrected chi connectivity index (χ0v) is 10.1. The number of amides is 1. The molecule has 1 N–H and O–H groups in total. The smallest absolute Gasteiger partial charge is 0.266 e. The van der Waals surface area contributed by atoms with Gasteiger partial charge in [-0.2, -0.15) is 0 Å². The van der Waals surface area contributed by atoms with Crippen LogP contribution in [0, 0.1) is 0 Å². The Labute approximate surface area is 104 Å². The van der Waals surface area contributed by atoms with Gasteiger partial charge in [0.05, 0.1) is 0 Å². The molecule has 0 aliphatic rings. The van der Waals surface area contributed by atoms with Crippen molar-refractivity contribution >= 4 is 5.91 Å². The highest BCUT2D eigenvalue weighted by molar-refractivity contribution is 5.75. The molecule has 0 saturated heterocycles. The molecule has 0 atom stereocenters. The average Bonchev–Trinajstić information content (AvgIpc) is 2.88. The van der Waals surface area contributed by atoms with Crippen molar-refractivity contribution in [3.05, 3.63) is 30.3 Å². The van der Waals surface area contributed by atoms with Crippen LogP contribution in [0.5, 0.6) is 0 Å². The molecule has 18 heavy (non-hydrogen) atoms. The molecule has 1 amide bonds. The first-order valence-corrected chi connectivity index (χ1v) is 5.80. The molecule has 0 fully saturated rings. The van der Waals surface area contributed by atoms with E-state index in [4.69, 9.17) is 4.42 Å². The highest BCUT2D eigenvalue weighted by Crippen LogP contribution is 2.13. The molecular weight excluding hydrogens is 232 g/mol. The Morgan fingerprint density at radius 2 is 2.28 bits per heavy atom. The van der Waals surface area contributed by atoms with E-state index in [0.29, 0.717) is 36.9 Å². The van der Waals surface area contributed by atoms with E-state index >= 15 is 0 Å². The normalized spacial score (nSPS) is 10.3. The fourth-order valence-corrected chi connectivity index (χ4v) is 1.38. The Kier molecular flexibility index (Phi) is 4.01. The lowest BCUT2D eigenvalue weighted by molar-refractivity contribution is -0.120. The van der Waals surface area contributed by atoms with Crippen LogP contribution in [0.2, 0.25) is 0 Å². The number of hydrogen-bond donors (Lipinski definition) is 1. The number of nitrogens with one attached hydrogen (secondary N) is 1. The molecule has 0 unspecified atom stereocenters. The van der Waals surface area contributed by atoms with Crippen LogP contribution in [0.4, 0.5) is 0 Å².